The number of pyridine rings is 1. The van der Waals surface area contributed by atoms with Gasteiger partial charge in [0.2, 0.25) is 0 Å². The zero-order valence-corrected chi connectivity index (χ0v) is 13.6. The molecule has 2 N–H and O–H groups in total. The molecule has 118 valence electrons. The van der Waals surface area contributed by atoms with Crippen LogP contribution < -0.4 is 4.72 Å². The van der Waals surface area contributed by atoms with Crippen molar-refractivity contribution in [2.75, 3.05) is 4.72 Å². The largest absolute Gasteiger partial charge is 0.342 e. The molecule has 0 bridgehead atoms. The van der Waals surface area contributed by atoms with Crippen molar-refractivity contribution in [2.45, 2.75) is 18.7 Å². The Bertz CT molecular complexity index is 914. The fraction of sp³-hybridized carbons (Fsp3) is 0.125. The fourth-order valence-electron chi connectivity index (χ4n) is 2.13. The van der Waals surface area contributed by atoms with Crippen molar-refractivity contribution in [1.82, 2.24) is 15.0 Å². The Morgan fingerprint density at radius 2 is 1.96 bits per heavy atom. The van der Waals surface area contributed by atoms with Gasteiger partial charge in [0.05, 0.1) is 5.69 Å². The first-order valence-electron chi connectivity index (χ1n) is 7.02. The second-order valence-electron chi connectivity index (χ2n) is 5.17. The minimum atomic E-state index is -3.66. The number of hydrogen-bond acceptors (Lipinski definition) is 4. The molecule has 0 unspecified atom stereocenters. The number of aryl methyl sites for hydroxylation is 2. The van der Waals surface area contributed by atoms with E-state index in [1.807, 2.05) is 19.9 Å². The van der Waals surface area contributed by atoms with E-state index in [1.54, 1.807) is 24.3 Å². The van der Waals surface area contributed by atoms with Crippen LogP contribution in [0, 0.1) is 13.8 Å². The number of hydrogen-bond donors (Lipinski definition) is 2. The van der Waals surface area contributed by atoms with Gasteiger partial charge >= 0.3 is 0 Å². The highest BCUT2D eigenvalue weighted by Crippen LogP contribution is 2.23. The van der Waals surface area contributed by atoms with E-state index >= 15 is 0 Å². The summed E-state index contributed by atoms with van der Waals surface area (Å²) in [5.74, 6) is 0.711. The molecular formula is C16H16N4O2S. The molecule has 1 aromatic carbocycles. The number of aromatic nitrogens is 3. The molecule has 0 amide bonds. The van der Waals surface area contributed by atoms with E-state index in [1.165, 1.54) is 18.5 Å². The second kappa shape index (κ2) is 5.85. The molecule has 3 aromatic rings. The quantitative estimate of drug-likeness (QED) is 0.771. The SMILES string of the molecule is Cc1nc(-c2cccc(NS(=O)(=O)c3cccnc3)c2)[nH]c1C. The number of imidazole rings is 1. The van der Waals surface area contributed by atoms with Crippen LogP contribution >= 0.6 is 0 Å². The molecule has 2 heterocycles. The Morgan fingerprint density at radius 3 is 2.61 bits per heavy atom. The highest BCUT2D eigenvalue weighted by molar-refractivity contribution is 7.92. The van der Waals surface area contributed by atoms with Crippen LogP contribution in [0.4, 0.5) is 5.69 Å². The molecular weight excluding hydrogens is 312 g/mol. The highest BCUT2D eigenvalue weighted by atomic mass is 32.2. The lowest BCUT2D eigenvalue weighted by atomic mass is 10.2. The van der Waals surface area contributed by atoms with E-state index in [2.05, 4.69) is 19.7 Å². The van der Waals surface area contributed by atoms with Gasteiger partial charge in [-0.15, -0.1) is 0 Å². The molecule has 0 saturated carbocycles. The van der Waals surface area contributed by atoms with E-state index in [-0.39, 0.29) is 4.90 Å². The third-order valence-corrected chi connectivity index (χ3v) is 4.83. The molecule has 23 heavy (non-hydrogen) atoms. The standard InChI is InChI=1S/C16H16N4O2S/c1-11-12(2)19-16(18-11)13-5-3-6-14(9-13)20-23(21,22)15-7-4-8-17-10-15/h3-10,20H,1-2H3,(H,18,19). The summed E-state index contributed by atoms with van der Waals surface area (Å²) >= 11 is 0. The number of sulfonamides is 1. The van der Waals surface area contributed by atoms with Gasteiger partial charge in [0, 0.05) is 29.3 Å². The summed E-state index contributed by atoms with van der Waals surface area (Å²) in [4.78, 5) is 11.6. The molecule has 6 nitrogen and oxygen atoms in total. The van der Waals surface area contributed by atoms with E-state index in [4.69, 9.17) is 0 Å². The molecule has 0 aliphatic rings. The number of rotatable bonds is 4. The summed E-state index contributed by atoms with van der Waals surface area (Å²) in [5.41, 5.74) is 3.19. The Labute approximate surface area is 134 Å². The minimum Gasteiger partial charge on any atom is -0.342 e. The normalized spacial score (nSPS) is 11.4. The zero-order chi connectivity index (χ0) is 16.4. The van der Waals surface area contributed by atoms with Gasteiger partial charge in [0.1, 0.15) is 10.7 Å². The summed E-state index contributed by atoms with van der Waals surface area (Å²) < 4.78 is 27.2. The van der Waals surface area contributed by atoms with Crippen LogP contribution in [0.15, 0.2) is 53.7 Å². The molecule has 0 aliphatic carbocycles. The number of nitrogens with one attached hydrogen (secondary N) is 2. The van der Waals surface area contributed by atoms with Crippen LogP contribution in [0.25, 0.3) is 11.4 Å². The van der Waals surface area contributed by atoms with Gasteiger partial charge in [0.25, 0.3) is 10.0 Å². The number of aromatic amines is 1. The average molecular weight is 328 g/mol. The zero-order valence-electron chi connectivity index (χ0n) is 12.7. The van der Waals surface area contributed by atoms with E-state index in [0.717, 1.165) is 17.0 Å². The predicted molar refractivity (Wildman–Crippen MR) is 88.5 cm³/mol. The number of benzene rings is 1. The highest BCUT2D eigenvalue weighted by Gasteiger charge is 2.14. The maximum Gasteiger partial charge on any atom is 0.263 e. The molecule has 0 spiro atoms. The Morgan fingerprint density at radius 1 is 1.13 bits per heavy atom. The topological polar surface area (TPSA) is 87.7 Å². The summed E-state index contributed by atoms with van der Waals surface area (Å²) in [6, 6.07) is 10.2. The third kappa shape index (κ3) is 3.24. The minimum absolute atomic E-state index is 0.120. The molecule has 7 heteroatoms. The first-order valence-corrected chi connectivity index (χ1v) is 8.50. The number of nitrogens with zero attached hydrogens (tertiary/aromatic N) is 2. The molecule has 0 atom stereocenters. The van der Waals surface area contributed by atoms with Crippen LogP contribution in [0.5, 0.6) is 0 Å². The van der Waals surface area contributed by atoms with Crippen molar-refractivity contribution in [3.63, 3.8) is 0 Å². The van der Waals surface area contributed by atoms with Gasteiger partial charge in [-0.25, -0.2) is 13.4 Å². The molecule has 0 fully saturated rings. The summed E-state index contributed by atoms with van der Waals surface area (Å²) in [6.07, 6.45) is 2.84. The smallest absolute Gasteiger partial charge is 0.263 e. The summed E-state index contributed by atoms with van der Waals surface area (Å²) in [6.45, 7) is 3.87. The van der Waals surface area contributed by atoms with Gasteiger partial charge in [0.15, 0.2) is 0 Å². The van der Waals surface area contributed by atoms with Crippen molar-refractivity contribution in [3.05, 3.63) is 60.2 Å². The van der Waals surface area contributed by atoms with Crippen LogP contribution in [0.3, 0.4) is 0 Å². The molecule has 0 radical (unpaired) electrons. The first kappa shape index (κ1) is 15.2. The van der Waals surface area contributed by atoms with Gasteiger partial charge in [-0.2, -0.15) is 0 Å². The summed E-state index contributed by atoms with van der Waals surface area (Å²) in [5, 5.41) is 0. The monoisotopic (exact) mass is 328 g/mol. The molecule has 3 rings (SSSR count). The predicted octanol–water partition coefficient (Wildman–Crippen LogP) is 2.89. The van der Waals surface area contributed by atoms with Crippen LogP contribution in [0.1, 0.15) is 11.4 Å². The van der Waals surface area contributed by atoms with Crippen LogP contribution in [0.2, 0.25) is 0 Å². The molecule has 0 saturated heterocycles. The van der Waals surface area contributed by atoms with Crippen molar-refractivity contribution >= 4 is 15.7 Å². The molecule has 2 aromatic heterocycles. The summed E-state index contributed by atoms with van der Waals surface area (Å²) in [7, 11) is -3.66. The maximum atomic E-state index is 12.3. The van der Waals surface area contributed by atoms with Gasteiger partial charge in [-0.05, 0) is 38.1 Å². The molecule has 0 aliphatic heterocycles. The Balaban J connectivity index is 1.92. The van der Waals surface area contributed by atoms with E-state index in [0.29, 0.717) is 11.5 Å². The maximum absolute atomic E-state index is 12.3. The fourth-order valence-corrected chi connectivity index (χ4v) is 3.15. The average Bonchev–Trinajstić information content (AvgIpc) is 2.88. The Hall–Kier alpha value is -2.67. The van der Waals surface area contributed by atoms with E-state index < -0.39 is 10.0 Å². The third-order valence-electron chi connectivity index (χ3n) is 3.46. The lowest BCUT2D eigenvalue weighted by Crippen LogP contribution is -2.13. The first-order chi connectivity index (χ1) is 11.0. The van der Waals surface area contributed by atoms with E-state index in [9.17, 15) is 8.42 Å². The van der Waals surface area contributed by atoms with Crippen molar-refractivity contribution in [2.24, 2.45) is 0 Å². The van der Waals surface area contributed by atoms with Crippen molar-refractivity contribution < 1.29 is 8.42 Å². The number of anilines is 1. The van der Waals surface area contributed by atoms with Crippen LogP contribution in [-0.2, 0) is 10.0 Å². The van der Waals surface area contributed by atoms with Crippen LogP contribution in [-0.4, -0.2) is 23.4 Å². The van der Waals surface area contributed by atoms with Gasteiger partial charge in [-0.1, -0.05) is 12.1 Å². The Kier molecular flexibility index (Phi) is 3.87. The van der Waals surface area contributed by atoms with Crippen molar-refractivity contribution in [1.29, 1.82) is 0 Å². The van der Waals surface area contributed by atoms with Gasteiger partial charge in [-0.3, -0.25) is 9.71 Å². The number of H-pyrrole nitrogens is 1. The van der Waals surface area contributed by atoms with Gasteiger partial charge < -0.3 is 4.98 Å². The lowest BCUT2D eigenvalue weighted by Gasteiger charge is -2.08. The van der Waals surface area contributed by atoms with Crippen molar-refractivity contribution in [3.8, 4) is 11.4 Å². The lowest BCUT2D eigenvalue weighted by molar-refractivity contribution is 0.601. The second-order valence-corrected chi connectivity index (χ2v) is 6.85.